The predicted molar refractivity (Wildman–Crippen MR) is 53.2 cm³/mol. The molecule has 0 heterocycles. The normalized spacial score (nSPS) is 9.21. The quantitative estimate of drug-likeness (QED) is 0.416. The van der Waals surface area contributed by atoms with Crippen LogP contribution < -0.4 is 4.74 Å². The van der Waals surface area contributed by atoms with Crippen molar-refractivity contribution in [3.63, 3.8) is 0 Å². The zero-order valence-electron chi connectivity index (χ0n) is 7.82. The van der Waals surface area contributed by atoms with Crippen molar-refractivity contribution >= 4 is 18.3 Å². The number of hydrogen-bond acceptors (Lipinski definition) is 3. The fourth-order valence-electron chi connectivity index (χ4n) is 1.11. The minimum Gasteiger partial charge on any atom is -0.426 e. The second kappa shape index (κ2) is 4.37. The van der Waals surface area contributed by atoms with Crippen LogP contribution in [0.15, 0.2) is 24.8 Å². The first-order valence-electron chi connectivity index (χ1n) is 4.08. The van der Waals surface area contributed by atoms with Gasteiger partial charge in [-0.05, 0) is 11.6 Å². The highest BCUT2D eigenvalue weighted by molar-refractivity contribution is 5.87. The number of esters is 1. The predicted octanol–water partition coefficient (Wildman–Crippen LogP) is 2.07. The van der Waals surface area contributed by atoms with Gasteiger partial charge in [0.15, 0.2) is 6.29 Å². The molecule has 0 aliphatic carbocycles. The Bertz CT molecular complexity index is 380. The number of rotatable bonds is 3. The van der Waals surface area contributed by atoms with E-state index in [0.717, 1.165) is 0 Å². The van der Waals surface area contributed by atoms with E-state index in [1.54, 1.807) is 18.2 Å². The summed E-state index contributed by atoms with van der Waals surface area (Å²) in [7, 11) is 0. The molecule has 3 heteroatoms. The van der Waals surface area contributed by atoms with Crippen molar-refractivity contribution in [3.8, 4) is 5.75 Å². The van der Waals surface area contributed by atoms with Gasteiger partial charge in [0.1, 0.15) is 5.75 Å². The Morgan fingerprint density at radius 2 is 2.21 bits per heavy atom. The molecule has 0 saturated heterocycles. The molecule has 0 saturated carbocycles. The lowest BCUT2D eigenvalue weighted by Gasteiger charge is -2.06. The largest absolute Gasteiger partial charge is 0.426 e. The molecule has 3 nitrogen and oxygen atoms in total. The molecule has 1 rings (SSSR count). The van der Waals surface area contributed by atoms with E-state index in [1.165, 1.54) is 13.0 Å². The molecule has 0 aliphatic rings. The Hall–Kier alpha value is -1.90. The lowest BCUT2D eigenvalue weighted by molar-refractivity contribution is -0.131. The number of carbonyl (C=O) groups excluding carboxylic acids is 2. The van der Waals surface area contributed by atoms with Crippen LogP contribution in [0.25, 0.3) is 6.08 Å². The Kier molecular flexibility index (Phi) is 3.18. The molecule has 0 bridgehead atoms. The summed E-state index contributed by atoms with van der Waals surface area (Å²) in [5, 5.41) is 0. The van der Waals surface area contributed by atoms with Crippen LogP contribution in [-0.2, 0) is 4.79 Å². The third-order valence-corrected chi connectivity index (χ3v) is 1.69. The van der Waals surface area contributed by atoms with E-state index in [-0.39, 0.29) is 5.75 Å². The maximum Gasteiger partial charge on any atom is 0.308 e. The zero-order valence-corrected chi connectivity index (χ0v) is 7.82. The molecule has 0 aromatic heterocycles. The van der Waals surface area contributed by atoms with Crippen molar-refractivity contribution in [2.75, 3.05) is 0 Å². The van der Waals surface area contributed by atoms with Crippen LogP contribution in [0.4, 0.5) is 0 Å². The molecule has 0 radical (unpaired) electrons. The lowest BCUT2D eigenvalue weighted by Crippen LogP contribution is -2.04. The Morgan fingerprint density at radius 3 is 2.71 bits per heavy atom. The molecule has 14 heavy (non-hydrogen) atoms. The number of aldehydes is 1. The van der Waals surface area contributed by atoms with Crippen molar-refractivity contribution < 1.29 is 14.3 Å². The summed E-state index contributed by atoms with van der Waals surface area (Å²) < 4.78 is 4.86. The maximum absolute atomic E-state index is 10.7. The minimum absolute atomic E-state index is 0.268. The monoisotopic (exact) mass is 190 g/mol. The van der Waals surface area contributed by atoms with Crippen LogP contribution >= 0.6 is 0 Å². The molecule has 0 amide bonds. The molecule has 0 fully saturated rings. The van der Waals surface area contributed by atoms with Gasteiger partial charge in [-0.3, -0.25) is 9.59 Å². The Balaban J connectivity index is 3.21. The Labute approximate surface area is 82.0 Å². The summed E-state index contributed by atoms with van der Waals surface area (Å²) in [5.74, 6) is -0.181. The maximum atomic E-state index is 10.7. The third kappa shape index (κ3) is 2.07. The first-order valence-corrected chi connectivity index (χ1v) is 4.08. The Morgan fingerprint density at radius 1 is 1.50 bits per heavy atom. The summed E-state index contributed by atoms with van der Waals surface area (Å²) in [6.45, 7) is 4.85. The third-order valence-electron chi connectivity index (χ3n) is 1.69. The van der Waals surface area contributed by atoms with Crippen LogP contribution in [-0.4, -0.2) is 12.3 Å². The molecule has 0 aliphatic heterocycles. The molecule has 0 unspecified atom stereocenters. The fraction of sp³-hybridized carbons (Fsp3) is 0.0909. The summed E-state index contributed by atoms with van der Waals surface area (Å²) in [6, 6.07) is 4.99. The average molecular weight is 190 g/mol. The van der Waals surface area contributed by atoms with E-state index in [0.29, 0.717) is 17.4 Å². The van der Waals surface area contributed by atoms with E-state index < -0.39 is 5.97 Å². The molecular formula is C11H10O3. The zero-order chi connectivity index (χ0) is 10.6. The van der Waals surface area contributed by atoms with Crippen LogP contribution in [0, 0.1) is 0 Å². The van der Waals surface area contributed by atoms with Crippen LogP contribution in [0.2, 0.25) is 0 Å². The highest BCUT2D eigenvalue weighted by Gasteiger charge is 2.07. The lowest BCUT2D eigenvalue weighted by atomic mass is 10.1. The summed E-state index contributed by atoms with van der Waals surface area (Å²) in [4.78, 5) is 21.5. The summed E-state index contributed by atoms with van der Waals surface area (Å²) in [6.07, 6.45) is 2.19. The molecule has 72 valence electrons. The van der Waals surface area contributed by atoms with E-state index in [2.05, 4.69) is 6.58 Å². The number of hydrogen-bond donors (Lipinski definition) is 0. The van der Waals surface area contributed by atoms with Gasteiger partial charge >= 0.3 is 5.97 Å². The van der Waals surface area contributed by atoms with E-state index in [9.17, 15) is 9.59 Å². The van der Waals surface area contributed by atoms with Crippen molar-refractivity contribution in [2.24, 2.45) is 0 Å². The van der Waals surface area contributed by atoms with E-state index in [1.807, 2.05) is 0 Å². The summed E-state index contributed by atoms with van der Waals surface area (Å²) >= 11 is 0. The first kappa shape index (κ1) is 10.2. The van der Waals surface area contributed by atoms with Gasteiger partial charge < -0.3 is 4.74 Å². The van der Waals surface area contributed by atoms with Crippen LogP contribution in [0.5, 0.6) is 5.75 Å². The smallest absolute Gasteiger partial charge is 0.308 e. The molecule has 0 N–H and O–H groups in total. The van der Waals surface area contributed by atoms with Gasteiger partial charge in [-0.25, -0.2) is 0 Å². The van der Waals surface area contributed by atoms with E-state index >= 15 is 0 Å². The van der Waals surface area contributed by atoms with Gasteiger partial charge in [0.25, 0.3) is 0 Å². The molecule has 0 spiro atoms. The van der Waals surface area contributed by atoms with Gasteiger partial charge in [0.05, 0.1) is 5.56 Å². The molecule has 1 aromatic carbocycles. The standard InChI is InChI=1S/C11H10O3/c1-3-9-5-4-6-11(10(9)7-12)14-8(2)13/h3-7H,1H2,2H3. The van der Waals surface area contributed by atoms with Crippen molar-refractivity contribution in [3.05, 3.63) is 35.9 Å². The molecular weight excluding hydrogens is 180 g/mol. The SMILES string of the molecule is C=Cc1cccc(OC(C)=O)c1C=O. The van der Waals surface area contributed by atoms with E-state index in [4.69, 9.17) is 4.74 Å². The fourth-order valence-corrected chi connectivity index (χ4v) is 1.11. The van der Waals surface area contributed by atoms with Gasteiger partial charge in [0, 0.05) is 6.92 Å². The van der Waals surface area contributed by atoms with Crippen molar-refractivity contribution in [2.45, 2.75) is 6.92 Å². The highest BCUT2D eigenvalue weighted by atomic mass is 16.5. The van der Waals surface area contributed by atoms with Gasteiger partial charge in [0.2, 0.25) is 0 Å². The second-order valence-electron chi connectivity index (χ2n) is 2.67. The van der Waals surface area contributed by atoms with Gasteiger partial charge in [-0.2, -0.15) is 0 Å². The number of carbonyl (C=O) groups is 2. The number of benzene rings is 1. The van der Waals surface area contributed by atoms with Gasteiger partial charge in [-0.1, -0.05) is 24.8 Å². The topological polar surface area (TPSA) is 43.4 Å². The summed E-state index contributed by atoms with van der Waals surface area (Å²) in [5.41, 5.74) is 0.997. The minimum atomic E-state index is -0.450. The van der Waals surface area contributed by atoms with Gasteiger partial charge in [-0.15, -0.1) is 0 Å². The average Bonchev–Trinajstić information content (AvgIpc) is 2.16. The number of ether oxygens (including phenoxy) is 1. The second-order valence-corrected chi connectivity index (χ2v) is 2.67. The van der Waals surface area contributed by atoms with Crippen LogP contribution in [0.1, 0.15) is 22.8 Å². The van der Waals surface area contributed by atoms with Crippen molar-refractivity contribution in [1.82, 2.24) is 0 Å². The first-order chi connectivity index (χ1) is 6.69. The van der Waals surface area contributed by atoms with Crippen molar-refractivity contribution in [1.29, 1.82) is 0 Å². The molecule has 1 aromatic rings. The van der Waals surface area contributed by atoms with Crippen LogP contribution in [0.3, 0.4) is 0 Å². The molecule has 0 atom stereocenters. The highest BCUT2D eigenvalue weighted by Crippen LogP contribution is 2.21.